The van der Waals surface area contributed by atoms with E-state index in [1.807, 2.05) is 0 Å². The van der Waals surface area contributed by atoms with E-state index in [0.717, 1.165) is 18.9 Å². The van der Waals surface area contributed by atoms with Crippen LogP contribution in [0, 0.1) is 5.82 Å². The van der Waals surface area contributed by atoms with Crippen LogP contribution in [0.25, 0.3) is 0 Å². The molecule has 2 N–H and O–H groups in total. The normalized spacial score (nSPS) is 15.8. The molecule has 1 aromatic carbocycles. The molecule has 5 nitrogen and oxygen atoms in total. The van der Waals surface area contributed by atoms with E-state index in [1.54, 1.807) is 0 Å². The van der Waals surface area contributed by atoms with Gasteiger partial charge >= 0.3 is 0 Å². The van der Waals surface area contributed by atoms with Crippen LogP contribution in [0.3, 0.4) is 0 Å². The first kappa shape index (κ1) is 15.5. The highest BCUT2D eigenvalue weighted by molar-refractivity contribution is 7.89. The molecule has 0 radical (unpaired) electrons. The predicted octanol–water partition coefficient (Wildman–Crippen LogP) is 1.86. The number of sulfonamides is 1. The zero-order valence-corrected chi connectivity index (χ0v) is 12.5. The van der Waals surface area contributed by atoms with Gasteiger partial charge in [-0.25, -0.2) is 12.8 Å². The Morgan fingerprint density at radius 3 is 2.70 bits per heavy atom. The number of ether oxygens (including phenoxy) is 1. The molecule has 1 aliphatic rings. The topological polar surface area (TPSA) is 72.6 Å². The molecule has 2 rings (SSSR count). The SMILES string of the molecule is COCCN(C1CC1)S(=O)(=O)c1cc(Cl)cc(N)c1F. The maximum absolute atomic E-state index is 14.0. The van der Waals surface area contributed by atoms with Gasteiger partial charge in [-0.2, -0.15) is 4.31 Å². The van der Waals surface area contributed by atoms with Gasteiger partial charge in [-0.3, -0.25) is 0 Å². The van der Waals surface area contributed by atoms with Crippen LogP contribution in [0.4, 0.5) is 10.1 Å². The maximum Gasteiger partial charge on any atom is 0.246 e. The highest BCUT2D eigenvalue weighted by Gasteiger charge is 2.39. The van der Waals surface area contributed by atoms with Gasteiger partial charge in [0.15, 0.2) is 5.82 Å². The number of hydrogen-bond acceptors (Lipinski definition) is 4. The predicted molar refractivity (Wildman–Crippen MR) is 74.6 cm³/mol. The second-order valence-electron chi connectivity index (χ2n) is 4.65. The van der Waals surface area contributed by atoms with E-state index >= 15 is 0 Å². The molecule has 1 aliphatic carbocycles. The molecule has 0 bridgehead atoms. The Labute approximate surface area is 122 Å². The maximum atomic E-state index is 14.0. The average molecular weight is 323 g/mol. The molecule has 112 valence electrons. The van der Waals surface area contributed by atoms with Gasteiger partial charge in [0, 0.05) is 24.7 Å². The summed E-state index contributed by atoms with van der Waals surface area (Å²) in [5.74, 6) is -0.961. The molecule has 0 aliphatic heterocycles. The van der Waals surface area contributed by atoms with E-state index in [0.29, 0.717) is 0 Å². The van der Waals surface area contributed by atoms with Crippen molar-refractivity contribution in [3.8, 4) is 0 Å². The van der Waals surface area contributed by atoms with E-state index in [1.165, 1.54) is 17.5 Å². The molecule has 8 heteroatoms. The van der Waals surface area contributed by atoms with Gasteiger partial charge in [0.05, 0.1) is 12.3 Å². The second-order valence-corrected chi connectivity index (χ2v) is 6.94. The number of rotatable bonds is 6. The van der Waals surface area contributed by atoms with Gasteiger partial charge in [-0.05, 0) is 25.0 Å². The summed E-state index contributed by atoms with van der Waals surface area (Å²) in [7, 11) is -2.49. The van der Waals surface area contributed by atoms with Gasteiger partial charge in [-0.15, -0.1) is 0 Å². The number of halogens is 2. The molecule has 0 amide bonds. The molecule has 1 saturated carbocycles. The van der Waals surface area contributed by atoms with E-state index in [-0.39, 0.29) is 29.9 Å². The molecular weight excluding hydrogens is 307 g/mol. The van der Waals surface area contributed by atoms with Gasteiger partial charge in [0.2, 0.25) is 10.0 Å². The van der Waals surface area contributed by atoms with Crippen molar-refractivity contribution in [3.63, 3.8) is 0 Å². The number of methoxy groups -OCH3 is 1. The molecule has 1 fully saturated rings. The Hall–Kier alpha value is -0.890. The van der Waals surface area contributed by atoms with Crippen molar-refractivity contribution in [2.45, 2.75) is 23.8 Å². The quantitative estimate of drug-likeness (QED) is 0.811. The largest absolute Gasteiger partial charge is 0.396 e. The van der Waals surface area contributed by atoms with Gasteiger partial charge in [0.1, 0.15) is 4.90 Å². The molecule has 0 saturated heterocycles. The summed E-state index contributed by atoms with van der Waals surface area (Å²) in [6.45, 7) is 0.419. The number of anilines is 1. The second kappa shape index (κ2) is 5.85. The van der Waals surface area contributed by atoms with E-state index in [4.69, 9.17) is 22.1 Å². The van der Waals surface area contributed by atoms with Crippen molar-refractivity contribution in [1.29, 1.82) is 0 Å². The molecule has 0 heterocycles. The molecular formula is C12H16ClFN2O3S. The smallest absolute Gasteiger partial charge is 0.246 e. The van der Waals surface area contributed by atoms with Gasteiger partial charge < -0.3 is 10.5 Å². The molecule has 1 aromatic rings. The van der Waals surface area contributed by atoms with E-state index in [2.05, 4.69) is 0 Å². The minimum Gasteiger partial charge on any atom is -0.396 e. The van der Waals surface area contributed by atoms with Crippen LogP contribution in [-0.2, 0) is 14.8 Å². The van der Waals surface area contributed by atoms with Crippen LogP contribution in [0.5, 0.6) is 0 Å². The standard InChI is InChI=1S/C12H16ClFN2O3S/c1-19-5-4-16(9-2-3-9)20(17,18)11-7-8(13)6-10(15)12(11)14/h6-7,9H,2-5,15H2,1H3. The van der Waals surface area contributed by atoms with Crippen molar-refractivity contribution in [1.82, 2.24) is 4.31 Å². The first-order valence-corrected chi connectivity index (χ1v) is 7.95. The van der Waals surface area contributed by atoms with Crippen LogP contribution < -0.4 is 5.73 Å². The van der Waals surface area contributed by atoms with E-state index < -0.39 is 20.7 Å². The van der Waals surface area contributed by atoms with Crippen LogP contribution in [-0.4, -0.2) is 39.0 Å². The fourth-order valence-electron chi connectivity index (χ4n) is 1.94. The van der Waals surface area contributed by atoms with Crippen LogP contribution in [0.2, 0.25) is 5.02 Å². The molecule has 0 atom stereocenters. The van der Waals surface area contributed by atoms with Crippen molar-refractivity contribution in [3.05, 3.63) is 23.0 Å². The molecule has 0 aromatic heterocycles. The summed E-state index contributed by atoms with van der Waals surface area (Å²) < 4.78 is 45.3. The van der Waals surface area contributed by atoms with E-state index in [9.17, 15) is 12.8 Å². The van der Waals surface area contributed by atoms with Crippen LogP contribution in [0.1, 0.15) is 12.8 Å². The Kier molecular flexibility index (Phi) is 4.53. The third kappa shape index (κ3) is 3.06. The van der Waals surface area contributed by atoms with Crippen molar-refractivity contribution in [2.75, 3.05) is 26.0 Å². The van der Waals surface area contributed by atoms with Crippen LogP contribution in [0.15, 0.2) is 17.0 Å². The lowest BCUT2D eigenvalue weighted by atomic mass is 10.3. The first-order valence-electron chi connectivity index (χ1n) is 6.13. The number of nitrogens with zero attached hydrogens (tertiary/aromatic N) is 1. The number of nitrogens with two attached hydrogens (primary N) is 1. The van der Waals surface area contributed by atoms with Crippen molar-refractivity contribution < 1.29 is 17.5 Å². The average Bonchev–Trinajstić information content (AvgIpc) is 3.18. The fourth-order valence-corrected chi connectivity index (χ4v) is 4.02. The molecule has 0 unspecified atom stereocenters. The Morgan fingerprint density at radius 1 is 1.50 bits per heavy atom. The summed E-state index contributed by atoms with van der Waals surface area (Å²) in [4.78, 5) is -0.481. The first-order chi connectivity index (χ1) is 9.37. The lowest BCUT2D eigenvalue weighted by Gasteiger charge is -2.22. The Morgan fingerprint density at radius 2 is 2.15 bits per heavy atom. The monoisotopic (exact) mass is 322 g/mol. The van der Waals surface area contributed by atoms with Crippen molar-refractivity contribution >= 4 is 27.3 Å². The third-order valence-corrected chi connectivity index (χ3v) is 5.26. The third-order valence-electron chi connectivity index (χ3n) is 3.09. The van der Waals surface area contributed by atoms with Crippen LogP contribution >= 0.6 is 11.6 Å². The highest BCUT2D eigenvalue weighted by Crippen LogP contribution is 2.34. The summed E-state index contributed by atoms with van der Waals surface area (Å²) in [5, 5.41) is 0.0879. The highest BCUT2D eigenvalue weighted by atomic mass is 35.5. The summed E-state index contributed by atoms with van der Waals surface area (Å²) >= 11 is 5.78. The summed E-state index contributed by atoms with van der Waals surface area (Å²) in [5.41, 5.74) is 5.16. The Bertz CT molecular complexity index is 605. The zero-order chi connectivity index (χ0) is 14.9. The lowest BCUT2D eigenvalue weighted by molar-refractivity contribution is 0.177. The summed E-state index contributed by atoms with van der Waals surface area (Å²) in [6.07, 6.45) is 1.53. The van der Waals surface area contributed by atoms with Gasteiger partial charge in [0.25, 0.3) is 0 Å². The van der Waals surface area contributed by atoms with Gasteiger partial charge in [-0.1, -0.05) is 11.6 Å². The zero-order valence-electron chi connectivity index (χ0n) is 11.0. The molecule has 0 spiro atoms. The Balaban J connectivity index is 2.42. The fraction of sp³-hybridized carbons (Fsp3) is 0.500. The summed E-state index contributed by atoms with van der Waals surface area (Å²) in [6, 6.07) is 2.17. The number of nitrogen functional groups attached to an aromatic ring is 1. The minimum atomic E-state index is -3.97. The minimum absolute atomic E-state index is 0.0879. The molecule has 20 heavy (non-hydrogen) atoms. The van der Waals surface area contributed by atoms with Crippen molar-refractivity contribution in [2.24, 2.45) is 0 Å². The lowest BCUT2D eigenvalue weighted by Crippen LogP contribution is -2.36. The number of benzene rings is 1. The number of hydrogen-bond donors (Lipinski definition) is 1.